The van der Waals surface area contributed by atoms with Crippen molar-refractivity contribution in [2.75, 3.05) is 50.1 Å². The van der Waals surface area contributed by atoms with Crippen LogP contribution in [0.25, 0.3) is 11.0 Å². The highest BCUT2D eigenvalue weighted by molar-refractivity contribution is 5.90. The highest BCUT2D eigenvalue weighted by atomic mass is 16.5. The van der Waals surface area contributed by atoms with Crippen LogP contribution < -0.4 is 15.5 Å². The topological polar surface area (TPSA) is 109 Å². The number of H-pyrrole nitrogens is 1. The van der Waals surface area contributed by atoms with Gasteiger partial charge in [0.25, 0.3) is 0 Å². The van der Waals surface area contributed by atoms with Gasteiger partial charge in [-0.05, 0) is 20.3 Å². The largest absolute Gasteiger partial charge is 0.385 e. The van der Waals surface area contributed by atoms with Crippen molar-refractivity contribution in [1.29, 1.82) is 0 Å². The fraction of sp³-hybridized carbons (Fsp3) is 0.556. The Morgan fingerprint density at radius 2 is 2.04 bits per heavy atom. The highest BCUT2D eigenvalue weighted by Gasteiger charge is 2.21. The standard InChI is InChI=1S/C18H27N9O/c1-12-11-14(24-23-12)20-17-16-15(13(2)25-27(16)7-4-10-28-3)21-18(22-17)26-8-5-19-6-9-26/h11,19H,4-10H2,1-3H3,(H2,20,21,22,23,24). The molecule has 1 saturated heterocycles. The molecule has 0 aromatic carbocycles. The van der Waals surface area contributed by atoms with E-state index in [0.29, 0.717) is 6.61 Å². The van der Waals surface area contributed by atoms with E-state index in [0.717, 1.165) is 79.1 Å². The van der Waals surface area contributed by atoms with Gasteiger partial charge in [-0.3, -0.25) is 9.78 Å². The molecule has 0 spiro atoms. The maximum absolute atomic E-state index is 5.20. The quantitative estimate of drug-likeness (QED) is 0.523. The Hall–Kier alpha value is -2.72. The summed E-state index contributed by atoms with van der Waals surface area (Å²) in [6.45, 7) is 8.99. The fourth-order valence-corrected chi connectivity index (χ4v) is 3.45. The Kier molecular flexibility index (Phi) is 5.40. The molecular weight excluding hydrogens is 358 g/mol. The number of nitrogens with one attached hydrogen (secondary N) is 3. The predicted molar refractivity (Wildman–Crippen MR) is 108 cm³/mol. The lowest BCUT2D eigenvalue weighted by Crippen LogP contribution is -2.44. The minimum absolute atomic E-state index is 0.683. The van der Waals surface area contributed by atoms with Crippen molar-refractivity contribution < 1.29 is 4.74 Å². The van der Waals surface area contributed by atoms with Crippen LogP contribution in [0.1, 0.15) is 17.8 Å². The Labute approximate surface area is 163 Å². The summed E-state index contributed by atoms with van der Waals surface area (Å²) in [5.74, 6) is 2.26. The monoisotopic (exact) mass is 385 g/mol. The first-order valence-electron chi connectivity index (χ1n) is 9.64. The molecule has 10 nitrogen and oxygen atoms in total. The molecule has 10 heteroatoms. The van der Waals surface area contributed by atoms with E-state index in [2.05, 4.69) is 25.7 Å². The maximum atomic E-state index is 5.20. The summed E-state index contributed by atoms with van der Waals surface area (Å²) in [6.07, 6.45) is 0.870. The molecule has 0 saturated carbocycles. The van der Waals surface area contributed by atoms with E-state index in [1.54, 1.807) is 7.11 Å². The van der Waals surface area contributed by atoms with Crippen molar-refractivity contribution in [2.45, 2.75) is 26.8 Å². The number of nitrogens with zero attached hydrogens (tertiary/aromatic N) is 6. The number of anilines is 3. The van der Waals surface area contributed by atoms with Crippen LogP contribution in [-0.2, 0) is 11.3 Å². The van der Waals surface area contributed by atoms with Gasteiger partial charge in [0, 0.05) is 52.5 Å². The molecule has 4 rings (SSSR count). The number of aromatic nitrogens is 6. The average Bonchev–Trinajstić information content (AvgIpc) is 3.26. The third kappa shape index (κ3) is 3.78. The van der Waals surface area contributed by atoms with Crippen molar-refractivity contribution >= 4 is 28.6 Å². The van der Waals surface area contributed by atoms with Crippen LogP contribution in [-0.4, -0.2) is 69.8 Å². The van der Waals surface area contributed by atoms with E-state index >= 15 is 0 Å². The van der Waals surface area contributed by atoms with Crippen LogP contribution in [0.2, 0.25) is 0 Å². The van der Waals surface area contributed by atoms with Gasteiger partial charge in [0.1, 0.15) is 16.9 Å². The molecule has 1 aliphatic rings. The zero-order valence-electron chi connectivity index (χ0n) is 16.6. The lowest BCUT2D eigenvalue weighted by atomic mass is 10.3. The van der Waals surface area contributed by atoms with Gasteiger partial charge in [0.15, 0.2) is 5.82 Å². The molecule has 0 amide bonds. The molecule has 0 unspecified atom stereocenters. The van der Waals surface area contributed by atoms with Crippen LogP contribution in [0.3, 0.4) is 0 Å². The number of piperazine rings is 1. The molecular formula is C18H27N9O. The van der Waals surface area contributed by atoms with E-state index in [-0.39, 0.29) is 0 Å². The van der Waals surface area contributed by atoms with Crippen molar-refractivity contribution in [3.8, 4) is 0 Å². The van der Waals surface area contributed by atoms with Gasteiger partial charge in [-0.1, -0.05) is 0 Å². The molecule has 0 atom stereocenters. The fourth-order valence-electron chi connectivity index (χ4n) is 3.45. The predicted octanol–water partition coefficient (Wildman–Crippen LogP) is 1.36. The lowest BCUT2D eigenvalue weighted by molar-refractivity contribution is 0.189. The maximum Gasteiger partial charge on any atom is 0.228 e. The van der Waals surface area contributed by atoms with Gasteiger partial charge >= 0.3 is 0 Å². The molecule has 3 N–H and O–H groups in total. The number of methoxy groups -OCH3 is 1. The molecule has 1 aliphatic heterocycles. The molecule has 3 aromatic heterocycles. The molecule has 150 valence electrons. The number of ether oxygens (including phenoxy) is 1. The molecule has 28 heavy (non-hydrogen) atoms. The van der Waals surface area contributed by atoms with E-state index in [1.165, 1.54) is 0 Å². The van der Waals surface area contributed by atoms with Gasteiger partial charge in [0.05, 0.1) is 11.4 Å². The average molecular weight is 385 g/mol. The summed E-state index contributed by atoms with van der Waals surface area (Å²) in [6, 6.07) is 1.96. The first kappa shape index (κ1) is 18.6. The van der Waals surface area contributed by atoms with Crippen molar-refractivity contribution in [3.63, 3.8) is 0 Å². The van der Waals surface area contributed by atoms with E-state index in [4.69, 9.17) is 19.8 Å². The number of hydrogen-bond acceptors (Lipinski definition) is 8. The number of fused-ring (bicyclic) bond motifs is 1. The second-order valence-corrected chi connectivity index (χ2v) is 7.01. The molecule has 4 heterocycles. The minimum atomic E-state index is 0.683. The van der Waals surface area contributed by atoms with Crippen molar-refractivity contribution in [2.24, 2.45) is 0 Å². The van der Waals surface area contributed by atoms with Gasteiger partial charge in [-0.15, -0.1) is 0 Å². The van der Waals surface area contributed by atoms with Gasteiger partial charge in [0.2, 0.25) is 5.95 Å². The lowest BCUT2D eigenvalue weighted by Gasteiger charge is -2.27. The second-order valence-electron chi connectivity index (χ2n) is 7.01. The molecule has 0 bridgehead atoms. The summed E-state index contributed by atoms with van der Waals surface area (Å²) in [7, 11) is 1.71. The Balaban J connectivity index is 1.77. The summed E-state index contributed by atoms with van der Waals surface area (Å²) in [4.78, 5) is 11.9. The van der Waals surface area contributed by atoms with Gasteiger partial charge < -0.3 is 20.3 Å². The zero-order valence-corrected chi connectivity index (χ0v) is 16.6. The van der Waals surface area contributed by atoms with Crippen LogP contribution in [0.15, 0.2) is 6.07 Å². The van der Waals surface area contributed by atoms with Crippen LogP contribution in [0.5, 0.6) is 0 Å². The summed E-state index contributed by atoms with van der Waals surface area (Å²) in [5, 5.41) is 18.7. The Morgan fingerprint density at radius 3 is 2.75 bits per heavy atom. The minimum Gasteiger partial charge on any atom is -0.385 e. The third-order valence-corrected chi connectivity index (χ3v) is 4.82. The van der Waals surface area contributed by atoms with Gasteiger partial charge in [-0.25, -0.2) is 4.98 Å². The second kappa shape index (κ2) is 8.11. The Bertz CT molecular complexity index is 942. The summed E-state index contributed by atoms with van der Waals surface area (Å²) >= 11 is 0. The smallest absolute Gasteiger partial charge is 0.228 e. The number of rotatable bonds is 7. The highest BCUT2D eigenvalue weighted by Crippen LogP contribution is 2.28. The number of aromatic amines is 1. The molecule has 3 aromatic rings. The summed E-state index contributed by atoms with van der Waals surface area (Å²) in [5.41, 5.74) is 3.59. The SMILES string of the molecule is COCCCn1nc(C)c2nc(N3CCNCC3)nc(Nc3cc(C)n[nH]3)c21. The van der Waals surface area contributed by atoms with E-state index < -0.39 is 0 Å². The molecule has 0 radical (unpaired) electrons. The number of aryl methyl sites for hydroxylation is 3. The van der Waals surface area contributed by atoms with Crippen LogP contribution in [0, 0.1) is 13.8 Å². The van der Waals surface area contributed by atoms with Crippen molar-refractivity contribution in [1.82, 2.24) is 35.3 Å². The van der Waals surface area contributed by atoms with E-state index in [9.17, 15) is 0 Å². The first-order valence-corrected chi connectivity index (χ1v) is 9.64. The Morgan fingerprint density at radius 1 is 1.21 bits per heavy atom. The summed E-state index contributed by atoms with van der Waals surface area (Å²) < 4.78 is 7.16. The first-order chi connectivity index (χ1) is 13.7. The zero-order chi connectivity index (χ0) is 19.5. The third-order valence-electron chi connectivity index (χ3n) is 4.82. The normalized spacial score (nSPS) is 14.8. The van der Waals surface area contributed by atoms with Gasteiger partial charge in [-0.2, -0.15) is 15.2 Å². The van der Waals surface area contributed by atoms with Crippen LogP contribution >= 0.6 is 0 Å². The molecule has 0 aliphatic carbocycles. The van der Waals surface area contributed by atoms with Crippen molar-refractivity contribution in [3.05, 3.63) is 17.5 Å². The number of hydrogen-bond donors (Lipinski definition) is 3. The van der Waals surface area contributed by atoms with Crippen LogP contribution in [0.4, 0.5) is 17.6 Å². The molecule has 1 fully saturated rings. The van der Waals surface area contributed by atoms with E-state index in [1.807, 2.05) is 24.6 Å².